The molecule has 0 aromatic heterocycles. The first-order valence-corrected chi connectivity index (χ1v) is 4.58. The fourth-order valence-electron chi connectivity index (χ4n) is 0.350. The Hall–Kier alpha value is 0.450. The van der Waals surface area contributed by atoms with Gasteiger partial charge in [-0.2, -0.15) is 0 Å². The number of nitrogens with one attached hydrogen (secondary N) is 1. The average molecular weight is 229 g/mol. The molecule has 0 radical (unpaired) electrons. The van der Waals surface area contributed by atoms with Crippen LogP contribution in [0.1, 0.15) is 13.8 Å². The van der Waals surface area contributed by atoms with Crippen LogP contribution in [0, 0.1) is 0 Å². The number of hydrogen-bond acceptors (Lipinski definition) is 4. The van der Waals surface area contributed by atoms with Gasteiger partial charge in [0.15, 0.2) is 0 Å². The Morgan fingerprint density at radius 2 is 2.23 bits per heavy atom. The van der Waals surface area contributed by atoms with E-state index < -0.39 is 0 Å². The van der Waals surface area contributed by atoms with Crippen molar-refractivity contribution >= 4 is 64.0 Å². The summed E-state index contributed by atoms with van der Waals surface area (Å²) in [7, 11) is 0. The van der Waals surface area contributed by atoms with E-state index in [9.17, 15) is 4.79 Å². The van der Waals surface area contributed by atoms with Gasteiger partial charge < -0.3 is 4.74 Å². The van der Waals surface area contributed by atoms with Gasteiger partial charge >= 0.3 is 29.6 Å². The van der Waals surface area contributed by atoms with E-state index in [0.29, 0.717) is 4.38 Å². The molecule has 13 heavy (non-hydrogen) atoms. The second-order valence-corrected chi connectivity index (χ2v) is 3.60. The molecular formula is C7H12NNaO2S2. The van der Waals surface area contributed by atoms with Crippen molar-refractivity contribution in [1.82, 2.24) is 4.72 Å². The van der Waals surface area contributed by atoms with Crippen LogP contribution in [0.25, 0.3) is 0 Å². The zero-order valence-corrected chi connectivity index (χ0v) is 8.63. The summed E-state index contributed by atoms with van der Waals surface area (Å²) in [5.41, 5.74) is 0. The fourth-order valence-corrected chi connectivity index (χ4v) is 1.18. The molecule has 0 saturated carbocycles. The number of thiocarbonyl (C=S) groups is 1. The molecule has 6 heteroatoms. The molecule has 0 aliphatic heterocycles. The van der Waals surface area contributed by atoms with Crippen LogP contribution in [0.5, 0.6) is 0 Å². The molecule has 0 aliphatic rings. The van der Waals surface area contributed by atoms with Gasteiger partial charge in [-0.3, -0.25) is 9.52 Å². The van der Waals surface area contributed by atoms with Crippen molar-refractivity contribution in [3.8, 4) is 0 Å². The summed E-state index contributed by atoms with van der Waals surface area (Å²) in [5.74, 6) is -0.283. The third-order valence-corrected chi connectivity index (χ3v) is 1.66. The summed E-state index contributed by atoms with van der Waals surface area (Å²) in [6, 6.07) is 0. The van der Waals surface area contributed by atoms with Crippen molar-refractivity contribution in [2.24, 2.45) is 0 Å². The molecule has 3 nitrogen and oxygen atoms in total. The first-order chi connectivity index (χ1) is 5.56. The number of ether oxygens (including phenoxy) is 1. The van der Waals surface area contributed by atoms with Crippen LogP contribution in [0.4, 0.5) is 0 Å². The second-order valence-electron chi connectivity index (χ2n) is 2.19. The van der Waals surface area contributed by atoms with Crippen LogP contribution >= 0.6 is 24.2 Å². The van der Waals surface area contributed by atoms with E-state index in [1.807, 2.05) is 13.8 Å². The quantitative estimate of drug-likeness (QED) is 0.332. The molecule has 0 bridgehead atoms. The number of carbonyl (C=O) groups excluding carboxylic acids is 1. The van der Waals surface area contributed by atoms with E-state index in [1.54, 1.807) is 0 Å². The van der Waals surface area contributed by atoms with Crippen molar-refractivity contribution in [2.75, 3.05) is 0 Å². The summed E-state index contributed by atoms with van der Waals surface area (Å²) >= 11 is 5.76. The molecule has 0 aromatic rings. The predicted octanol–water partition coefficient (Wildman–Crippen LogP) is 0.998. The standard InChI is InChI=1S/C7H11NO2S2.Na.H/c1-4-6(9)8-12-7(11)10-5(2)3;;/h4-5H,1H2,2-3H3,(H,8,9);;. The molecule has 0 heterocycles. The minimum absolute atomic E-state index is 0. The van der Waals surface area contributed by atoms with Gasteiger partial charge in [-0.1, -0.05) is 6.58 Å². The van der Waals surface area contributed by atoms with Gasteiger partial charge in [0.2, 0.25) is 4.38 Å². The third-order valence-electron chi connectivity index (χ3n) is 0.752. The topological polar surface area (TPSA) is 38.3 Å². The Balaban J connectivity index is 0. The van der Waals surface area contributed by atoms with Gasteiger partial charge in [0.05, 0.1) is 6.10 Å². The predicted molar refractivity (Wildman–Crippen MR) is 61.9 cm³/mol. The molecule has 0 fully saturated rings. The van der Waals surface area contributed by atoms with Crippen molar-refractivity contribution in [1.29, 1.82) is 0 Å². The molecule has 0 unspecified atom stereocenters. The summed E-state index contributed by atoms with van der Waals surface area (Å²) in [4.78, 5) is 10.6. The van der Waals surface area contributed by atoms with Gasteiger partial charge in [0.25, 0.3) is 5.91 Å². The summed E-state index contributed by atoms with van der Waals surface area (Å²) in [6.07, 6.45) is 1.20. The van der Waals surface area contributed by atoms with Crippen molar-refractivity contribution < 1.29 is 9.53 Å². The Morgan fingerprint density at radius 1 is 1.69 bits per heavy atom. The number of hydrogen-bond donors (Lipinski definition) is 1. The molecule has 0 aliphatic carbocycles. The molecule has 1 amide bonds. The maximum absolute atomic E-state index is 10.6. The molecule has 1 N–H and O–H groups in total. The van der Waals surface area contributed by atoms with E-state index in [2.05, 4.69) is 11.3 Å². The van der Waals surface area contributed by atoms with E-state index in [0.717, 1.165) is 11.9 Å². The Labute approximate surface area is 110 Å². The fraction of sp³-hybridized carbons (Fsp3) is 0.429. The third kappa shape index (κ3) is 10.4. The van der Waals surface area contributed by atoms with Gasteiger partial charge in [-0.05, 0) is 32.1 Å². The Bertz CT molecular complexity index is 197. The maximum atomic E-state index is 10.6. The molecular weight excluding hydrogens is 217 g/mol. The zero-order valence-electron chi connectivity index (χ0n) is 6.99. The monoisotopic (exact) mass is 229 g/mol. The van der Waals surface area contributed by atoms with Crippen molar-refractivity contribution in [2.45, 2.75) is 20.0 Å². The summed E-state index contributed by atoms with van der Waals surface area (Å²) in [6.45, 7) is 7.02. The van der Waals surface area contributed by atoms with E-state index in [-0.39, 0.29) is 41.6 Å². The average Bonchev–Trinajstić information content (AvgIpc) is 1.99. The van der Waals surface area contributed by atoms with Crippen LogP contribution in [-0.2, 0) is 9.53 Å². The molecule has 0 saturated heterocycles. The van der Waals surface area contributed by atoms with E-state index >= 15 is 0 Å². The Kier molecular flexibility index (Phi) is 11.0. The minimum atomic E-state index is -0.283. The number of amides is 1. The van der Waals surface area contributed by atoms with Gasteiger partial charge in [-0.15, -0.1) is 0 Å². The van der Waals surface area contributed by atoms with Crippen molar-refractivity contribution in [3.05, 3.63) is 12.7 Å². The van der Waals surface area contributed by atoms with Gasteiger partial charge in [0, 0.05) is 11.9 Å². The van der Waals surface area contributed by atoms with Crippen LogP contribution < -0.4 is 4.72 Å². The molecule has 0 atom stereocenters. The van der Waals surface area contributed by atoms with Crippen LogP contribution in [-0.4, -0.2) is 46.0 Å². The van der Waals surface area contributed by atoms with E-state index in [4.69, 9.17) is 17.0 Å². The molecule has 70 valence electrons. The van der Waals surface area contributed by atoms with E-state index in [1.165, 1.54) is 6.08 Å². The number of carbonyl (C=O) groups is 1. The number of rotatable bonds is 2. The van der Waals surface area contributed by atoms with Gasteiger partial charge in [0.1, 0.15) is 0 Å². The van der Waals surface area contributed by atoms with Gasteiger partial charge in [-0.25, -0.2) is 0 Å². The molecule has 0 aromatic carbocycles. The first-order valence-electron chi connectivity index (χ1n) is 3.36. The van der Waals surface area contributed by atoms with Crippen LogP contribution in [0.2, 0.25) is 0 Å². The normalized spacial score (nSPS) is 8.54. The summed E-state index contributed by atoms with van der Waals surface area (Å²) < 4.78 is 7.83. The molecule has 0 rings (SSSR count). The zero-order chi connectivity index (χ0) is 9.56. The Morgan fingerprint density at radius 3 is 2.62 bits per heavy atom. The first kappa shape index (κ1) is 15.9. The van der Waals surface area contributed by atoms with Crippen LogP contribution in [0.3, 0.4) is 0 Å². The second kappa shape index (κ2) is 9.02. The molecule has 0 spiro atoms. The van der Waals surface area contributed by atoms with Crippen LogP contribution in [0.15, 0.2) is 12.7 Å². The summed E-state index contributed by atoms with van der Waals surface area (Å²) in [5, 5.41) is 0. The SMILES string of the molecule is C=CC(=O)NSC(=S)OC(C)C.[NaH]. The van der Waals surface area contributed by atoms with Crippen molar-refractivity contribution in [3.63, 3.8) is 0 Å².